The van der Waals surface area contributed by atoms with Gasteiger partial charge in [0.2, 0.25) is 0 Å². The highest BCUT2D eigenvalue weighted by atomic mass is 35.5. The Labute approximate surface area is 80.7 Å². The molecule has 0 unspecified atom stereocenters. The van der Waals surface area contributed by atoms with Gasteiger partial charge in [-0.2, -0.15) is 0 Å². The zero-order valence-corrected chi connectivity index (χ0v) is 8.99. The molecule has 0 aliphatic rings. The summed E-state index contributed by atoms with van der Waals surface area (Å²) in [5.41, 5.74) is 0. The molecule has 0 radical (unpaired) electrons. The van der Waals surface area contributed by atoms with E-state index < -0.39 is 0 Å². The fourth-order valence-electron chi connectivity index (χ4n) is 0.481. The van der Waals surface area contributed by atoms with Crippen molar-refractivity contribution < 1.29 is 0 Å². The third-order valence-electron chi connectivity index (χ3n) is 1.05. The van der Waals surface area contributed by atoms with E-state index in [1.54, 1.807) is 6.20 Å². The van der Waals surface area contributed by atoms with Crippen LogP contribution < -0.4 is 5.32 Å². The van der Waals surface area contributed by atoms with Gasteiger partial charge >= 0.3 is 0 Å². The van der Waals surface area contributed by atoms with Crippen molar-refractivity contribution in [2.24, 2.45) is 4.99 Å². The molecule has 0 heterocycles. The summed E-state index contributed by atoms with van der Waals surface area (Å²) < 4.78 is 0. The molecule has 12 heavy (non-hydrogen) atoms. The molecule has 0 rings (SSSR count). The molecule has 1 N–H and O–H groups in total. The minimum Gasteiger partial charge on any atom is -0.388 e. The Hall–Kier alpha value is -0.500. The molecule has 0 aromatic carbocycles. The molecule has 72 valence electrons. The van der Waals surface area contributed by atoms with Crippen LogP contribution in [0.25, 0.3) is 0 Å². The third-order valence-corrected chi connectivity index (χ3v) is 1.28. The first-order valence-electron chi connectivity index (χ1n) is 4.37. The summed E-state index contributed by atoms with van der Waals surface area (Å²) in [6.45, 7) is 10.4. The minimum absolute atomic E-state index is 0.413. The van der Waals surface area contributed by atoms with Crippen molar-refractivity contribution in [1.29, 1.82) is 0 Å². The molecule has 0 aliphatic carbocycles. The van der Waals surface area contributed by atoms with Gasteiger partial charge in [0.05, 0.1) is 0 Å². The van der Waals surface area contributed by atoms with E-state index in [1.165, 1.54) is 6.42 Å². The van der Waals surface area contributed by atoms with Gasteiger partial charge in [-0.1, -0.05) is 38.8 Å². The van der Waals surface area contributed by atoms with Crippen molar-refractivity contribution in [3.05, 3.63) is 11.4 Å². The normalized spacial score (nSPS) is 9.83. The summed E-state index contributed by atoms with van der Waals surface area (Å²) in [5.74, 6) is 0. The Morgan fingerprint density at radius 1 is 1.58 bits per heavy atom. The first kappa shape index (κ1) is 14.0. The van der Waals surface area contributed by atoms with Crippen molar-refractivity contribution in [3.8, 4) is 0 Å². The monoisotopic (exact) mass is 190 g/mol. The van der Waals surface area contributed by atoms with E-state index in [0.717, 1.165) is 13.0 Å². The molecule has 0 saturated carbocycles. The molecule has 0 atom stereocenters. The van der Waals surface area contributed by atoms with E-state index in [1.807, 2.05) is 13.8 Å². The predicted octanol–water partition coefficient (Wildman–Crippen LogP) is 3.14. The first-order chi connectivity index (χ1) is 5.81. The van der Waals surface area contributed by atoms with Crippen LogP contribution in [0.15, 0.2) is 16.3 Å². The van der Waals surface area contributed by atoms with Crippen LogP contribution in [0.2, 0.25) is 0 Å². The molecule has 0 aromatic heterocycles. The van der Waals surface area contributed by atoms with E-state index in [2.05, 4.69) is 24.0 Å². The molecule has 3 heteroatoms. The highest BCUT2D eigenvalue weighted by molar-refractivity contribution is 6.29. The Kier molecular flexibility index (Phi) is 15.4. The Morgan fingerprint density at radius 3 is 2.58 bits per heavy atom. The number of hydrogen-bond acceptors (Lipinski definition) is 2. The van der Waals surface area contributed by atoms with Gasteiger partial charge in [-0.25, -0.2) is 0 Å². The highest BCUT2D eigenvalue weighted by Gasteiger charge is 1.82. The number of halogens is 1. The van der Waals surface area contributed by atoms with Crippen molar-refractivity contribution >= 4 is 18.3 Å². The van der Waals surface area contributed by atoms with Crippen molar-refractivity contribution in [2.75, 3.05) is 6.54 Å². The fraction of sp³-hybridized carbons (Fsp3) is 0.667. The van der Waals surface area contributed by atoms with E-state index >= 15 is 0 Å². The van der Waals surface area contributed by atoms with Crippen LogP contribution in [0.4, 0.5) is 0 Å². The zero-order chi connectivity index (χ0) is 9.82. The van der Waals surface area contributed by atoms with E-state index in [-0.39, 0.29) is 0 Å². The average molecular weight is 191 g/mol. The van der Waals surface area contributed by atoms with Crippen molar-refractivity contribution in [1.82, 2.24) is 5.32 Å². The van der Waals surface area contributed by atoms with Crippen LogP contribution in [0.3, 0.4) is 0 Å². The first-order valence-corrected chi connectivity index (χ1v) is 4.74. The molecule has 0 spiro atoms. The summed E-state index contributed by atoms with van der Waals surface area (Å²) in [6.07, 6.45) is 3.99. The summed E-state index contributed by atoms with van der Waals surface area (Å²) in [5, 5.41) is 3.42. The SMILES string of the molecule is C=N/C(Cl)=C\NCCCC.CC. The predicted molar refractivity (Wildman–Crippen MR) is 57.7 cm³/mol. The molecular formula is C9H19ClN2. The lowest BCUT2D eigenvalue weighted by atomic mass is 10.3. The lowest BCUT2D eigenvalue weighted by molar-refractivity contribution is 0.733. The lowest BCUT2D eigenvalue weighted by Crippen LogP contribution is -2.06. The Morgan fingerprint density at radius 2 is 2.17 bits per heavy atom. The highest BCUT2D eigenvalue weighted by Crippen LogP contribution is 1.97. The smallest absolute Gasteiger partial charge is 0.143 e. The Bertz CT molecular complexity index is 122. The van der Waals surface area contributed by atoms with Gasteiger partial charge in [0, 0.05) is 12.7 Å². The van der Waals surface area contributed by atoms with Crippen LogP contribution in [0.1, 0.15) is 33.6 Å². The second-order valence-corrected chi connectivity index (χ2v) is 2.32. The van der Waals surface area contributed by atoms with Gasteiger partial charge in [0.15, 0.2) is 0 Å². The van der Waals surface area contributed by atoms with Gasteiger partial charge in [-0.05, 0) is 13.1 Å². The maximum atomic E-state index is 5.51. The molecular weight excluding hydrogens is 172 g/mol. The van der Waals surface area contributed by atoms with Gasteiger partial charge in [0.1, 0.15) is 5.16 Å². The van der Waals surface area contributed by atoms with Crippen LogP contribution in [0.5, 0.6) is 0 Å². The van der Waals surface area contributed by atoms with Gasteiger partial charge in [0.25, 0.3) is 0 Å². The maximum Gasteiger partial charge on any atom is 0.143 e. The van der Waals surface area contributed by atoms with E-state index in [9.17, 15) is 0 Å². The molecule has 2 nitrogen and oxygen atoms in total. The quantitative estimate of drug-likeness (QED) is 0.402. The van der Waals surface area contributed by atoms with Gasteiger partial charge in [-0.3, -0.25) is 4.99 Å². The summed E-state index contributed by atoms with van der Waals surface area (Å²) >= 11 is 5.51. The number of aliphatic imine (C=N–C) groups is 1. The van der Waals surface area contributed by atoms with Crippen molar-refractivity contribution in [2.45, 2.75) is 33.6 Å². The largest absolute Gasteiger partial charge is 0.388 e. The van der Waals surface area contributed by atoms with E-state index in [4.69, 9.17) is 11.6 Å². The Balaban J connectivity index is 0. The standard InChI is InChI=1S/C7H13ClN2.C2H6/c1-3-4-5-10-6-7(8)9-2;1-2/h6,10H,2-5H2,1H3;1-2H3/b7-6-;. The van der Waals surface area contributed by atoms with Crippen LogP contribution >= 0.6 is 11.6 Å². The number of unbranched alkanes of at least 4 members (excludes halogenated alkanes) is 1. The molecule has 0 saturated heterocycles. The second-order valence-electron chi connectivity index (χ2n) is 1.93. The number of nitrogens with one attached hydrogen (secondary N) is 1. The second kappa shape index (κ2) is 13.1. The molecule has 0 aliphatic heterocycles. The minimum atomic E-state index is 0.413. The molecule has 0 aromatic rings. The maximum absolute atomic E-state index is 5.51. The number of rotatable bonds is 5. The van der Waals surface area contributed by atoms with Crippen LogP contribution in [-0.2, 0) is 0 Å². The topological polar surface area (TPSA) is 24.4 Å². The lowest BCUT2D eigenvalue weighted by Gasteiger charge is -1.96. The van der Waals surface area contributed by atoms with E-state index in [0.29, 0.717) is 5.16 Å². The molecule has 0 fully saturated rings. The average Bonchev–Trinajstić information content (AvgIpc) is 2.15. The molecule has 0 bridgehead atoms. The summed E-state index contributed by atoms with van der Waals surface area (Å²) in [6, 6.07) is 0. The summed E-state index contributed by atoms with van der Waals surface area (Å²) in [4.78, 5) is 3.50. The van der Waals surface area contributed by atoms with Crippen LogP contribution in [-0.4, -0.2) is 13.3 Å². The van der Waals surface area contributed by atoms with Crippen LogP contribution in [0, 0.1) is 0 Å². The van der Waals surface area contributed by atoms with Gasteiger partial charge in [-0.15, -0.1) is 0 Å². The van der Waals surface area contributed by atoms with Crippen molar-refractivity contribution in [3.63, 3.8) is 0 Å². The fourth-order valence-corrected chi connectivity index (χ4v) is 0.558. The number of nitrogens with zero attached hydrogens (tertiary/aromatic N) is 1. The summed E-state index contributed by atoms with van der Waals surface area (Å²) in [7, 11) is 0. The van der Waals surface area contributed by atoms with Gasteiger partial charge < -0.3 is 5.32 Å². The third kappa shape index (κ3) is 12.2. The zero-order valence-electron chi connectivity index (χ0n) is 8.23. The number of hydrogen-bond donors (Lipinski definition) is 1. The molecule has 0 amide bonds.